The number of benzene rings is 1. The van der Waals surface area contributed by atoms with Crippen molar-refractivity contribution in [1.82, 2.24) is 4.90 Å². The Kier molecular flexibility index (Phi) is 7.44. The first-order valence-electron chi connectivity index (χ1n) is 9.50. The summed E-state index contributed by atoms with van der Waals surface area (Å²) in [5.41, 5.74) is 2.21. The Labute approximate surface area is 189 Å². The largest absolute Gasteiger partial charge is 0.480 e. The monoisotopic (exact) mass is 461 g/mol. The highest BCUT2D eigenvalue weighted by Crippen LogP contribution is 2.35. The van der Waals surface area contributed by atoms with Crippen molar-refractivity contribution in [3.8, 4) is 11.3 Å². The van der Waals surface area contributed by atoms with Gasteiger partial charge in [0.2, 0.25) is 0 Å². The first-order chi connectivity index (χ1) is 14.3. The van der Waals surface area contributed by atoms with E-state index in [4.69, 9.17) is 16.6 Å². The molecule has 1 fully saturated rings. The van der Waals surface area contributed by atoms with Gasteiger partial charge in [0.15, 0.2) is 0 Å². The number of carbonyl (C=O) groups excluding carboxylic acids is 1. The van der Waals surface area contributed by atoms with Crippen LogP contribution in [0.2, 0.25) is 0 Å². The van der Waals surface area contributed by atoms with Crippen LogP contribution < -0.4 is 0 Å². The van der Waals surface area contributed by atoms with Crippen LogP contribution in [0.5, 0.6) is 0 Å². The Balaban J connectivity index is 1.80. The number of thioether (sulfide) groups is 2. The van der Waals surface area contributed by atoms with Gasteiger partial charge in [-0.25, -0.2) is 4.79 Å². The Morgan fingerprint density at radius 1 is 1.27 bits per heavy atom. The number of hydrogen-bond donors (Lipinski definition) is 1. The Bertz CT molecular complexity index is 979. The summed E-state index contributed by atoms with van der Waals surface area (Å²) >= 11 is 7.94. The maximum atomic E-state index is 12.8. The maximum Gasteiger partial charge on any atom is 0.326 e. The van der Waals surface area contributed by atoms with Crippen LogP contribution in [-0.4, -0.2) is 44.3 Å². The first-order valence-corrected chi connectivity index (χ1v) is 12.1. The summed E-state index contributed by atoms with van der Waals surface area (Å²) in [5, 5.41) is 9.54. The van der Waals surface area contributed by atoms with E-state index in [2.05, 4.69) is 26.0 Å². The van der Waals surface area contributed by atoms with Crippen LogP contribution in [0.25, 0.3) is 17.4 Å². The van der Waals surface area contributed by atoms with Crippen LogP contribution in [-0.2, 0) is 9.59 Å². The van der Waals surface area contributed by atoms with Crippen molar-refractivity contribution in [3.63, 3.8) is 0 Å². The van der Waals surface area contributed by atoms with E-state index in [1.54, 1.807) is 12.1 Å². The van der Waals surface area contributed by atoms with Gasteiger partial charge in [-0.2, -0.15) is 11.8 Å². The van der Waals surface area contributed by atoms with Gasteiger partial charge in [-0.15, -0.1) is 0 Å². The highest BCUT2D eigenvalue weighted by molar-refractivity contribution is 8.26. The van der Waals surface area contributed by atoms with Gasteiger partial charge in [0.05, 0.1) is 4.91 Å². The third-order valence-corrected chi connectivity index (χ3v) is 6.75. The standard InChI is InChI=1S/C22H23NO4S3/c1-13(2)14-4-6-15(7-5-14)18-9-8-16(27-18)12-19-20(24)23(22(28)30-19)17(21(25)26)10-11-29-3/h4-9,12-13,17H,10-11H2,1-3H3,(H,25,26). The topological polar surface area (TPSA) is 70.8 Å². The maximum absolute atomic E-state index is 12.8. The van der Waals surface area contributed by atoms with Gasteiger partial charge < -0.3 is 9.52 Å². The Morgan fingerprint density at radius 2 is 1.97 bits per heavy atom. The van der Waals surface area contributed by atoms with Crippen LogP contribution >= 0.6 is 35.7 Å². The second-order valence-electron chi connectivity index (χ2n) is 7.17. The van der Waals surface area contributed by atoms with Crippen LogP contribution in [0.15, 0.2) is 45.7 Å². The summed E-state index contributed by atoms with van der Waals surface area (Å²) in [6, 6.07) is 10.9. The lowest BCUT2D eigenvalue weighted by Crippen LogP contribution is -2.44. The van der Waals surface area contributed by atoms with E-state index >= 15 is 0 Å². The zero-order chi connectivity index (χ0) is 21.8. The molecule has 158 valence electrons. The van der Waals surface area contributed by atoms with Gasteiger partial charge in [0.1, 0.15) is 21.9 Å². The van der Waals surface area contributed by atoms with Gasteiger partial charge in [-0.1, -0.05) is 62.1 Å². The molecule has 1 unspecified atom stereocenters. The molecule has 0 saturated carbocycles. The van der Waals surface area contributed by atoms with Gasteiger partial charge in [0.25, 0.3) is 5.91 Å². The molecule has 5 nitrogen and oxygen atoms in total. The lowest BCUT2D eigenvalue weighted by atomic mass is 10.0. The minimum atomic E-state index is -1.05. The quantitative estimate of drug-likeness (QED) is 0.412. The van der Waals surface area contributed by atoms with Crippen LogP contribution in [0.4, 0.5) is 0 Å². The molecular formula is C22H23NO4S3. The molecule has 30 heavy (non-hydrogen) atoms. The van der Waals surface area contributed by atoms with Crippen molar-refractivity contribution >= 4 is 58.0 Å². The van der Waals surface area contributed by atoms with Gasteiger partial charge in [0, 0.05) is 11.6 Å². The lowest BCUT2D eigenvalue weighted by molar-refractivity contribution is -0.145. The van der Waals surface area contributed by atoms with Crippen molar-refractivity contribution in [2.24, 2.45) is 0 Å². The van der Waals surface area contributed by atoms with Crippen molar-refractivity contribution < 1.29 is 19.1 Å². The molecular weight excluding hydrogens is 438 g/mol. The zero-order valence-electron chi connectivity index (χ0n) is 17.0. The molecule has 1 atom stereocenters. The molecule has 1 aliphatic rings. The number of rotatable bonds is 8. The number of carboxylic acid groups (broad SMARTS) is 1. The molecule has 3 rings (SSSR count). The summed E-state index contributed by atoms with van der Waals surface area (Å²) in [6.45, 7) is 4.29. The Hall–Kier alpha value is -2.03. The molecule has 0 spiro atoms. The average molecular weight is 462 g/mol. The fraction of sp³-hybridized carbons (Fsp3) is 0.318. The van der Waals surface area contributed by atoms with E-state index in [9.17, 15) is 14.7 Å². The zero-order valence-corrected chi connectivity index (χ0v) is 19.4. The number of carboxylic acids is 1. The average Bonchev–Trinajstić information content (AvgIpc) is 3.28. The number of carbonyl (C=O) groups is 2. The predicted molar refractivity (Wildman–Crippen MR) is 128 cm³/mol. The minimum absolute atomic E-state index is 0.260. The van der Waals surface area contributed by atoms with Gasteiger partial charge in [-0.05, 0) is 42.0 Å². The van der Waals surface area contributed by atoms with Crippen LogP contribution in [0, 0.1) is 0 Å². The fourth-order valence-electron chi connectivity index (χ4n) is 3.09. The molecule has 1 aliphatic heterocycles. The molecule has 0 radical (unpaired) electrons. The van der Waals surface area contributed by atoms with E-state index in [-0.39, 0.29) is 4.32 Å². The van der Waals surface area contributed by atoms with Crippen LogP contribution in [0.1, 0.15) is 37.5 Å². The third-order valence-electron chi connectivity index (χ3n) is 4.78. The normalized spacial score (nSPS) is 16.7. The molecule has 0 aliphatic carbocycles. The fourth-order valence-corrected chi connectivity index (χ4v) is 4.88. The van der Waals surface area contributed by atoms with E-state index < -0.39 is 17.9 Å². The van der Waals surface area contributed by atoms with Crippen molar-refractivity contribution in [3.05, 3.63) is 52.6 Å². The summed E-state index contributed by atoms with van der Waals surface area (Å²) in [4.78, 5) is 26.1. The summed E-state index contributed by atoms with van der Waals surface area (Å²) < 4.78 is 6.16. The third kappa shape index (κ3) is 4.99. The number of aliphatic carboxylic acids is 1. The van der Waals surface area contributed by atoms with Crippen molar-refractivity contribution in [2.75, 3.05) is 12.0 Å². The molecule has 1 N–H and O–H groups in total. The Morgan fingerprint density at radius 3 is 2.57 bits per heavy atom. The molecule has 8 heteroatoms. The van der Waals surface area contributed by atoms with E-state index in [1.165, 1.54) is 22.2 Å². The summed E-state index contributed by atoms with van der Waals surface area (Å²) in [6.07, 6.45) is 3.86. The molecule has 1 saturated heterocycles. The van der Waals surface area contributed by atoms with Gasteiger partial charge in [-0.3, -0.25) is 9.69 Å². The number of hydrogen-bond acceptors (Lipinski definition) is 6. The van der Waals surface area contributed by atoms with E-state index in [0.717, 1.165) is 17.3 Å². The second kappa shape index (κ2) is 9.85. The number of nitrogens with zero attached hydrogens (tertiary/aromatic N) is 1. The summed E-state index contributed by atoms with van der Waals surface area (Å²) in [5.74, 6) is 0.873. The number of amides is 1. The van der Waals surface area contributed by atoms with Crippen LogP contribution in [0.3, 0.4) is 0 Å². The highest BCUT2D eigenvalue weighted by atomic mass is 32.2. The molecule has 2 heterocycles. The van der Waals surface area contributed by atoms with Crippen molar-refractivity contribution in [2.45, 2.75) is 32.2 Å². The highest BCUT2D eigenvalue weighted by Gasteiger charge is 2.40. The summed E-state index contributed by atoms with van der Waals surface area (Å²) in [7, 11) is 0. The predicted octanol–water partition coefficient (Wildman–Crippen LogP) is 5.48. The molecule has 1 aromatic carbocycles. The smallest absolute Gasteiger partial charge is 0.326 e. The second-order valence-corrected chi connectivity index (χ2v) is 9.83. The molecule has 0 bridgehead atoms. The van der Waals surface area contributed by atoms with E-state index in [0.29, 0.717) is 34.5 Å². The van der Waals surface area contributed by atoms with E-state index in [1.807, 2.05) is 24.5 Å². The number of thiocarbonyl (C=S) groups is 1. The molecule has 2 aromatic rings. The van der Waals surface area contributed by atoms with Crippen molar-refractivity contribution in [1.29, 1.82) is 0 Å². The SMILES string of the molecule is CSCCC(C(=O)O)N1C(=O)C(=Cc2ccc(-c3ccc(C(C)C)cc3)o2)SC1=S. The first kappa shape index (κ1) is 22.7. The van der Waals surface area contributed by atoms with Gasteiger partial charge >= 0.3 is 5.97 Å². The molecule has 1 aromatic heterocycles. The minimum Gasteiger partial charge on any atom is -0.480 e. The molecule has 1 amide bonds. The number of furan rings is 1. The lowest BCUT2D eigenvalue weighted by Gasteiger charge is -2.22.